The molecule has 0 saturated carbocycles. The molecule has 4 rings (SSSR count). The normalized spacial score (nSPS) is 15.3. The van der Waals surface area contributed by atoms with Crippen LogP contribution in [0.4, 0.5) is 4.79 Å². The lowest BCUT2D eigenvalue weighted by molar-refractivity contribution is -0.136. The first-order valence-corrected chi connectivity index (χ1v) is 16.2. The SMILES string of the molecule is CCOc1cc([C@@H]2NC(=O)NC(C)=C2C(=O)OC)ccc1OC[C@H](O)N/N=C/c1cc(I)cc(I)c1OCc1ccccc1Cl. The number of ether oxygens (including phenoxy) is 4. The number of aliphatic hydroxyl groups excluding tert-OH is 1. The van der Waals surface area contributed by atoms with Crippen LogP contribution in [0.15, 0.2) is 71.0 Å². The van der Waals surface area contributed by atoms with Crippen LogP contribution in [0, 0.1) is 7.14 Å². The van der Waals surface area contributed by atoms with E-state index in [1.54, 1.807) is 31.3 Å². The number of urea groups is 1. The van der Waals surface area contributed by atoms with E-state index in [0.717, 1.165) is 12.7 Å². The minimum absolute atomic E-state index is 0.160. The number of benzene rings is 3. The van der Waals surface area contributed by atoms with E-state index in [2.05, 4.69) is 66.3 Å². The van der Waals surface area contributed by atoms with Crippen molar-refractivity contribution in [1.82, 2.24) is 16.1 Å². The average Bonchev–Trinajstić information content (AvgIpc) is 3.00. The van der Waals surface area contributed by atoms with Gasteiger partial charge >= 0.3 is 12.0 Å². The van der Waals surface area contributed by atoms with Crippen LogP contribution in [0.2, 0.25) is 5.02 Å². The van der Waals surface area contributed by atoms with E-state index in [9.17, 15) is 14.7 Å². The molecule has 45 heavy (non-hydrogen) atoms. The van der Waals surface area contributed by atoms with E-state index in [4.69, 9.17) is 30.5 Å². The zero-order valence-electron chi connectivity index (χ0n) is 24.5. The van der Waals surface area contributed by atoms with Gasteiger partial charge in [-0.1, -0.05) is 35.9 Å². The summed E-state index contributed by atoms with van der Waals surface area (Å²) < 4.78 is 24.5. The first-order chi connectivity index (χ1) is 21.6. The molecule has 2 amide bonds. The van der Waals surface area contributed by atoms with Crippen LogP contribution in [-0.4, -0.2) is 49.9 Å². The summed E-state index contributed by atoms with van der Waals surface area (Å²) in [6.07, 6.45) is 0.405. The molecule has 0 aromatic heterocycles. The zero-order chi connectivity index (χ0) is 32.5. The maximum Gasteiger partial charge on any atom is 0.337 e. The molecule has 11 nitrogen and oxygen atoms in total. The van der Waals surface area contributed by atoms with Gasteiger partial charge in [-0.3, -0.25) is 5.43 Å². The van der Waals surface area contributed by atoms with Crippen LogP contribution in [0.3, 0.4) is 0 Å². The lowest BCUT2D eigenvalue weighted by Gasteiger charge is -2.28. The van der Waals surface area contributed by atoms with Crippen molar-refractivity contribution < 1.29 is 33.6 Å². The molecular formula is C31H31ClI2N4O7. The van der Waals surface area contributed by atoms with Crippen molar-refractivity contribution in [3.05, 3.63) is 94.7 Å². The number of carbonyl (C=O) groups is 2. The molecule has 0 radical (unpaired) electrons. The van der Waals surface area contributed by atoms with E-state index in [0.29, 0.717) is 45.7 Å². The van der Waals surface area contributed by atoms with E-state index >= 15 is 0 Å². The smallest absolute Gasteiger partial charge is 0.337 e. The molecule has 0 fully saturated rings. The summed E-state index contributed by atoms with van der Waals surface area (Å²) >= 11 is 10.7. The molecule has 0 unspecified atom stereocenters. The predicted octanol–water partition coefficient (Wildman–Crippen LogP) is 5.65. The lowest BCUT2D eigenvalue weighted by atomic mass is 9.95. The van der Waals surface area contributed by atoms with Crippen LogP contribution in [0.1, 0.15) is 36.6 Å². The standard InChI is InChI=1S/C31H31ClI2N4O7/c1-4-43-25-12-18(28-27(30(40)42-3)17(2)36-31(41)37-28)9-10-24(25)44-16-26(39)38-35-14-20-11-21(33)13-23(34)29(20)45-15-19-7-5-6-8-22(19)32/h5-14,26,28,38-39H,4,15-16H2,1-3H3,(H2,36,37,41)/b35-14+/t26-,28-/m0/s1. The number of hydrazone groups is 1. The Morgan fingerprint density at radius 1 is 1.13 bits per heavy atom. The van der Waals surface area contributed by atoms with Gasteiger partial charge in [0.05, 0.1) is 35.1 Å². The van der Waals surface area contributed by atoms with Crippen LogP contribution in [0.5, 0.6) is 17.2 Å². The van der Waals surface area contributed by atoms with E-state index < -0.39 is 24.3 Å². The second-order valence-electron chi connectivity index (χ2n) is 9.60. The number of nitrogens with zero attached hydrogens (tertiary/aromatic N) is 1. The maximum atomic E-state index is 12.5. The van der Waals surface area contributed by atoms with Crippen LogP contribution in [-0.2, 0) is 16.1 Å². The quantitative estimate of drug-likeness (QED) is 0.0570. The third-order valence-corrected chi connectivity index (χ3v) is 8.26. The number of hydrogen-bond acceptors (Lipinski definition) is 9. The molecule has 1 aliphatic heterocycles. The van der Waals surface area contributed by atoms with Crippen molar-refractivity contribution in [2.45, 2.75) is 32.7 Å². The highest BCUT2D eigenvalue weighted by Gasteiger charge is 2.32. The number of aliphatic hydroxyl groups is 1. The molecule has 4 N–H and O–H groups in total. The van der Waals surface area contributed by atoms with Crippen molar-refractivity contribution in [2.75, 3.05) is 20.3 Å². The number of halogens is 3. The molecule has 14 heteroatoms. The zero-order valence-corrected chi connectivity index (χ0v) is 29.6. The van der Waals surface area contributed by atoms with Crippen molar-refractivity contribution in [3.8, 4) is 17.2 Å². The van der Waals surface area contributed by atoms with Gasteiger partial charge in [-0.05, 0) is 94.9 Å². The number of nitrogens with one attached hydrogen (secondary N) is 3. The first-order valence-electron chi connectivity index (χ1n) is 13.7. The molecule has 2 atom stereocenters. The second kappa shape index (κ2) is 16.3. The minimum Gasteiger partial charge on any atom is -0.490 e. The molecular weight excluding hydrogens is 830 g/mol. The Kier molecular flexibility index (Phi) is 12.6. The molecule has 3 aromatic rings. The summed E-state index contributed by atoms with van der Waals surface area (Å²) in [5.41, 5.74) is 5.49. The Hall–Kier alpha value is -3.28. The van der Waals surface area contributed by atoms with Crippen molar-refractivity contribution in [1.29, 1.82) is 0 Å². The van der Waals surface area contributed by atoms with Gasteiger partial charge in [-0.25, -0.2) is 9.59 Å². The number of amides is 2. The van der Waals surface area contributed by atoms with Gasteiger partial charge in [0.1, 0.15) is 19.0 Å². The monoisotopic (exact) mass is 860 g/mol. The molecule has 238 valence electrons. The summed E-state index contributed by atoms with van der Waals surface area (Å²) in [6, 6.07) is 15.2. The molecule has 0 spiro atoms. The van der Waals surface area contributed by atoms with Gasteiger partial charge in [0, 0.05) is 25.4 Å². The molecule has 1 aliphatic rings. The highest BCUT2D eigenvalue weighted by Crippen LogP contribution is 2.35. The fourth-order valence-corrected chi connectivity index (χ4v) is 6.64. The van der Waals surface area contributed by atoms with Crippen molar-refractivity contribution in [3.63, 3.8) is 0 Å². The summed E-state index contributed by atoms with van der Waals surface area (Å²) in [6.45, 7) is 3.90. The third-order valence-electron chi connectivity index (χ3n) is 6.47. The summed E-state index contributed by atoms with van der Waals surface area (Å²) in [7, 11) is 1.28. The molecule has 0 bridgehead atoms. The van der Waals surface area contributed by atoms with E-state index in [-0.39, 0.29) is 18.8 Å². The van der Waals surface area contributed by atoms with Crippen LogP contribution >= 0.6 is 56.8 Å². The first kappa shape index (κ1) is 34.6. The highest BCUT2D eigenvalue weighted by molar-refractivity contribution is 14.1. The topological polar surface area (TPSA) is 140 Å². The number of carbonyl (C=O) groups excluding carboxylic acids is 2. The van der Waals surface area contributed by atoms with Gasteiger partial charge in [0.25, 0.3) is 0 Å². The Morgan fingerprint density at radius 2 is 1.91 bits per heavy atom. The van der Waals surface area contributed by atoms with Gasteiger partial charge in [0.2, 0.25) is 0 Å². The summed E-state index contributed by atoms with van der Waals surface area (Å²) in [4.78, 5) is 24.6. The average molecular weight is 861 g/mol. The highest BCUT2D eigenvalue weighted by atomic mass is 127. The fraction of sp³-hybridized carbons (Fsp3) is 0.258. The van der Waals surface area contributed by atoms with Gasteiger partial charge in [0.15, 0.2) is 17.7 Å². The van der Waals surface area contributed by atoms with Crippen LogP contribution < -0.4 is 30.3 Å². The minimum atomic E-state index is -1.16. The van der Waals surface area contributed by atoms with E-state index in [1.807, 2.05) is 43.3 Å². The lowest BCUT2D eigenvalue weighted by Crippen LogP contribution is -2.45. The van der Waals surface area contributed by atoms with Crippen molar-refractivity contribution in [2.24, 2.45) is 5.10 Å². The largest absolute Gasteiger partial charge is 0.490 e. The van der Waals surface area contributed by atoms with Gasteiger partial charge in [-0.2, -0.15) is 5.10 Å². The molecule has 1 heterocycles. The van der Waals surface area contributed by atoms with Gasteiger partial charge < -0.3 is 34.7 Å². The third kappa shape index (κ3) is 9.14. The molecule has 0 saturated heterocycles. The predicted molar refractivity (Wildman–Crippen MR) is 187 cm³/mol. The Labute approximate surface area is 293 Å². The van der Waals surface area contributed by atoms with E-state index in [1.165, 1.54) is 7.11 Å². The Balaban J connectivity index is 1.43. The summed E-state index contributed by atoms with van der Waals surface area (Å²) in [5, 5.41) is 20.7. The second-order valence-corrected chi connectivity index (χ2v) is 12.4. The van der Waals surface area contributed by atoms with Gasteiger partial charge in [-0.15, -0.1) is 0 Å². The fourth-order valence-electron chi connectivity index (χ4n) is 4.41. The molecule has 0 aliphatic carbocycles. The number of rotatable bonds is 13. The Bertz CT molecular complexity index is 1620. The number of methoxy groups -OCH3 is 1. The number of allylic oxidation sites excluding steroid dienone is 1. The summed E-state index contributed by atoms with van der Waals surface area (Å²) in [5.74, 6) is 0.791. The number of hydrogen-bond donors (Lipinski definition) is 4. The maximum absolute atomic E-state index is 12.5. The Morgan fingerprint density at radius 3 is 2.64 bits per heavy atom. The number of esters is 1. The molecule has 3 aromatic carbocycles. The van der Waals surface area contributed by atoms with Crippen molar-refractivity contribution >= 4 is 75.0 Å². The van der Waals surface area contributed by atoms with Crippen LogP contribution in [0.25, 0.3) is 0 Å².